The maximum Gasteiger partial charge on any atom is 0.348 e. The molecule has 0 spiro atoms. The number of fused-ring (bicyclic) bond motifs is 1. The van der Waals surface area contributed by atoms with Crippen molar-refractivity contribution >= 4 is 28.8 Å². The predicted octanol–water partition coefficient (Wildman–Crippen LogP) is 1.63. The Balaban J connectivity index is 2.28. The molecule has 0 N–H and O–H groups in total. The van der Waals surface area contributed by atoms with Crippen LogP contribution >= 0.6 is 11.8 Å². The van der Waals surface area contributed by atoms with Crippen LogP contribution in [0.1, 0.15) is 33.2 Å². The molecule has 0 aromatic heterocycles. The molecule has 0 saturated carbocycles. The lowest BCUT2D eigenvalue weighted by Crippen LogP contribution is -1.98. The van der Waals surface area contributed by atoms with Crippen molar-refractivity contribution < 1.29 is 19.1 Å². The molecule has 18 heavy (non-hydrogen) atoms. The summed E-state index contributed by atoms with van der Waals surface area (Å²) < 4.78 is 4.51. The highest BCUT2D eigenvalue weighted by molar-refractivity contribution is 8.13. The second-order valence-electron chi connectivity index (χ2n) is 3.49. The number of hydrogen-bond acceptors (Lipinski definition) is 5. The number of benzene rings is 1. The highest BCUT2D eigenvalue weighted by Gasteiger charge is 2.31. The maximum absolute atomic E-state index is 11.5. The minimum Gasteiger partial charge on any atom is -0.386 e. The molecule has 2 rings (SSSR count). The van der Waals surface area contributed by atoms with E-state index in [1.165, 1.54) is 13.0 Å². The van der Waals surface area contributed by atoms with Gasteiger partial charge in [0, 0.05) is 12.5 Å². The molecule has 0 unspecified atom stereocenters. The Morgan fingerprint density at radius 2 is 2.11 bits per heavy atom. The van der Waals surface area contributed by atoms with E-state index in [0.717, 1.165) is 11.8 Å². The summed E-state index contributed by atoms with van der Waals surface area (Å²) in [5.74, 6) is 4.59. The van der Waals surface area contributed by atoms with Crippen molar-refractivity contribution in [1.29, 1.82) is 0 Å². The minimum absolute atomic E-state index is 0.0165. The van der Waals surface area contributed by atoms with E-state index in [9.17, 15) is 14.4 Å². The van der Waals surface area contributed by atoms with E-state index in [2.05, 4.69) is 16.6 Å². The quantitative estimate of drug-likeness (QED) is 0.436. The lowest BCUT2D eigenvalue weighted by atomic mass is 10.0. The molecule has 0 bridgehead atoms. The van der Waals surface area contributed by atoms with Gasteiger partial charge in [-0.3, -0.25) is 4.79 Å². The Labute approximate surface area is 108 Å². The molecule has 0 atom stereocenters. The minimum atomic E-state index is -0.667. The number of cyclic esters (lactones) is 2. The first kappa shape index (κ1) is 12.4. The molecule has 0 aliphatic carbocycles. The summed E-state index contributed by atoms with van der Waals surface area (Å²) in [5.41, 5.74) is 0.904. The summed E-state index contributed by atoms with van der Waals surface area (Å²) in [4.78, 5) is 33.5. The number of thioether (sulfide) groups is 1. The Hall–Kier alpha value is -2.06. The number of carbonyl (C=O) groups is 3. The Kier molecular flexibility index (Phi) is 3.49. The van der Waals surface area contributed by atoms with E-state index in [-0.39, 0.29) is 16.2 Å². The van der Waals surface area contributed by atoms with Crippen LogP contribution in [0.25, 0.3) is 0 Å². The molecule has 1 aliphatic rings. The zero-order valence-corrected chi connectivity index (χ0v) is 10.3. The molecule has 1 aliphatic heterocycles. The number of hydrogen-bond donors (Lipinski definition) is 0. The summed E-state index contributed by atoms with van der Waals surface area (Å²) in [6.45, 7) is 1.46. The van der Waals surface area contributed by atoms with E-state index < -0.39 is 11.9 Å². The van der Waals surface area contributed by atoms with Gasteiger partial charge < -0.3 is 4.74 Å². The van der Waals surface area contributed by atoms with Gasteiger partial charge in [-0.15, -0.1) is 0 Å². The third-order valence-corrected chi connectivity index (χ3v) is 2.94. The Bertz CT molecular complexity index is 607. The normalized spacial score (nSPS) is 12.5. The smallest absolute Gasteiger partial charge is 0.348 e. The molecule has 1 aromatic rings. The second-order valence-corrected chi connectivity index (χ2v) is 4.64. The van der Waals surface area contributed by atoms with Gasteiger partial charge in [-0.2, -0.15) is 0 Å². The van der Waals surface area contributed by atoms with Gasteiger partial charge in [-0.25, -0.2) is 9.59 Å². The fourth-order valence-corrected chi connectivity index (χ4v) is 1.85. The van der Waals surface area contributed by atoms with Crippen LogP contribution in [-0.2, 0) is 9.53 Å². The number of rotatable bonds is 1. The zero-order chi connectivity index (χ0) is 13.1. The molecule has 1 aromatic carbocycles. The predicted molar refractivity (Wildman–Crippen MR) is 66.2 cm³/mol. The third kappa shape index (κ3) is 2.44. The molecular formula is C13H8O4S. The molecule has 0 amide bonds. The van der Waals surface area contributed by atoms with E-state index >= 15 is 0 Å². The van der Waals surface area contributed by atoms with Gasteiger partial charge in [0.05, 0.1) is 16.9 Å². The van der Waals surface area contributed by atoms with Crippen molar-refractivity contribution in [2.75, 3.05) is 5.75 Å². The SMILES string of the molecule is CC(=O)SCC#Cc1cccc2c1C(=O)OC2=O. The van der Waals surface area contributed by atoms with Crippen molar-refractivity contribution in [2.24, 2.45) is 0 Å². The van der Waals surface area contributed by atoms with E-state index in [1.54, 1.807) is 12.1 Å². The van der Waals surface area contributed by atoms with E-state index in [0.29, 0.717) is 11.3 Å². The van der Waals surface area contributed by atoms with Gasteiger partial charge in [-0.1, -0.05) is 29.7 Å². The fraction of sp³-hybridized carbons (Fsp3) is 0.154. The van der Waals surface area contributed by atoms with E-state index in [1.807, 2.05) is 0 Å². The van der Waals surface area contributed by atoms with Gasteiger partial charge in [-0.05, 0) is 12.1 Å². The molecule has 0 radical (unpaired) electrons. The van der Waals surface area contributed by atoms with Crippen LogP contribution in [-0.4, -0.2) is 22.8 Å². The third-order valence-electron chi connectivity index (χ3n) is 2.24. The maximum atomic E-state index is 11.5. The van der Waals surface area contributed by atoms with Gasteiger partial charge in [0.15, 0.2) is 5.12 Å². The van der Waals surface area contributed by atoms with E-state index in [4.69, 9.17) is 0 Å². The average Bonchev–Trinajstić information content (AvgIpc) is 2.61. The van der Waals surface area contributed by atoms with Crippen molar-refractivity contribution in [3.63, 3.8) is 0 Å². The first-order chi connectivity index (χ1) is 8.59. The molecule has 5 heteroatoms. The monoisotopic (exact) mass is 260 g/mol. The molecule has 1 heterocycles. The standard InChI is InChI=1S/C13H8O4S/c1-8(14)18-7-3-5-9-4-2-6-10-11(9)13(16)17-12(10)15/h2,4,6H,7H2,1H3. The summed E-state index contributed by atoms with van der Waals surface area (Å²) in [6.07, 6.45) is 0. The molecule has 4 nitrogen and oxygen atoms in total. The van der Waals surface area contributed by atoms with Crippen molar-refractivity contribution in [2.45, 2.75) is 6.92 Å². The molecule has 90 valence electrons. The Morgan fingerprint density at radius 1 is 1.33 bits per heavy atom. The molecular weight excluding hydrogens is 252 g/mol. The number of carbonyl (C=O) groups excluding carboxylic acids is 3. The van der Waals surface area contributed by atoms with Crippen LogP contribution in [0.4, 0.5) is 0 Å². The van der Waals surface area contributed by atoms with Gasteiger partial charge in [0.2, 0.25) is 0 Å². The number of ether oxygens (including phenoxy) is 1. The summed E-state index contributed by atoms with van der Waals surface area (Å²) in [6, 6.07) is 4.81. The lowest BCUT2D eigenvalue weighted by Gasteiger charge is -1.95. The van der Waals surface area contributed by atoms with Crippen molar-refractivity contribution in [1.82, 2.24) is 0 Å². The first-order valence-electron chi connectivity index (χ1n) is 5.11. The van der Waals surface area contributed by atoms with Crippen LogP contribution in [0.3, 0.4) is 0 Å². The van der Waals surface area contributed by atoms with Gasteiger partial charge >= 0.3 is 11.9 Å². The van der Waals surface area contributed by atoms with Crippen LogP contribution < -0.4 is 0 Å². The van der Waals surface area contributed by atoms with Crippen LogP contribution in [0.15, 0.2) is 18.2 Å². The number of esters is 2. The highest BCUT2D eigenvalue weighted by atomic mass is 32.2. The lowest BCUT2D eigenvalue weighted by molar-refractivity contribution is -0.109. The van der Waals surface area contributed by atoms with Gasteiger partial charge in [0.25, 0.3) is 0 Å². The summed E-state index contributed by atoms with van der Waals surface area (Å²) >= 11 is 1.09. The average molecular weight is 260 g/mol. The topological polar surface area (TPSA) is 60.4 Å². The van der Waals surface area contributed by atoms with Crippen LogP contribution in [0.2, 0.25) is 0 Å². The Morgan fingerprint density at radius 3 is 2.83 bits per heavy atom. The van der Waals surface area contributed by atoms with Gasteiger partial charge in [0.1, 0.15) is 0 Å². The van der Waals surface area contributed by atoms with Crippen molar-refractivity contribution in [3.8, 4) is 11.8 Å². The largest absolute Gasteiger partial charge is 0.386 e. The van der Waals surface area contributed by atoms with Crippen molar-refractivity contribution in [3.05, 3.63) is 34.9 Å². The van der Waals surface area contributed by atoms with Crippen LogP contribution in [0.5, 0.6) is 0 Å². The molecule has 0 fully saturated rings. The summed E-state index contributed by atoms with van der Waals surface area (Å²) in [7, 11) is 0. The highest BCUT2D eigenvalue weighted by Crippen LogP contribution is 2.22. The summed E-state index contributed by atoms with van der Waals surface area (Å²) in [5, 5.41) is -0.0165. The fourth-order valence-electron chi connectivity index (χ4n) is 1.51. The zero-order valence-electron chi connectivity index (χ0n) is 9.48. The van der Waals surface area contributed by atoms with Crippen LogP contribution in [0, 0.1) is 11.8 Å². The molecule has 0 saturated heterocycles. The second kappa shape index (κ2) is 5.07. The first-order valence-corrected chi connectivity index (χ1v) is 6.10.